The van der Waals surface area contributed by atoms with Crippen molar-refractivity contribution in [2.45, 2.75) is 24.8 Å². The van der Waals surface area contributed by atoms with Gasteiger partial charge in [-0.3, -0.25) is 4.90 Å². The van der Waals surface area contributed by atoms with E-state index < -0.39 is 6.04 Å². The Kier molecular flexibility index (Phi) is 6.13. The molecule has 1 aromatic heterocycles. The van der Waals surface area contributed by atoms with Crippen molar-refractivity contribution in [3.63, 3.8) is 0 Å². The number of amides is 2. The van der Waals surface area contributed by atoms with Gasteiger partial charge in [-0.1, -0.05) is 41.1 Å². The first-order valence-corrected chi connectivity index (χ1v) is 12.3. The monoisotopic (exact) mass is 486 g/mol. The molecule has 4 aromatic rings. The van der Waals surface area contributed by atoms with Crippen molar-refractivity contribution in [2.75, 3.05) is 11.2 Å². The van der Waals surface area contributed by atoms with Crippen LogP contribution in [0.2, 0.25) is 0 Å². The molecular formula is C27H23FN4O2S. The number of aromatic nitrogens is 2. The number of nitrogens with zero attached hydrogens (tertiary/aromatic N) is 3. The van der Waals surface area contributed by atoms with Crippen molar-refractivity contribution in [3.05, 3.63) is 101 Å². The van der Waals surface area contributed by atoms with Crippen molar-refractivity contribution in [3.8, 4) is 11.4 Å². The summed E-state index contributed by atoms with van der Waals surface area (Å²) in [5.74, 6) is 0.391. The summed E-state index contributed by atoms with van der Waals surface area (Å²) in [6.45, 7) is 3.85. The molecule has 1 aliphatic rings. The van der Waals surface area contributed by atoms with E-state index in [0.29, 0.717) is 34.2 Å². The molecule has 1 aliphatic heterocycles. The molecule has 8 heteroatoms. The van der Waals surface area contributed by atoms with Crippen molar-refractivity contribution >= 4 is 29.1 Å². The van der Waals surface area contributed by atoms with Crippen LogP contribution in [0.5, 0.6) is 0 Å². The maximum atomic E-state index is 13.6. The lowest BCUT2D eigenvalue weighted by atomic mass is 9.94. The Morgan fingerprint density at radius 2 is 1.77 bits per heavy atom. The van der Waals surface area contributed by atoms with Gasteiger partial charge in [0.1, 0.15) is 5.82 Å². The molecule has 35 heavy (non-hydrogen) atoms. The van der Waals surface area contributed by atoms with Gasteiger partial charge in [-0.2, -0.15) is 4.98 Å². The Morgan fingerprint density at radius 1 is 1.03 bits per heavy atom. The molecule has 2 heterocycles. The Morgan fingerprint density at radius 3 is 2.46 bits per heavy atom. The highest BCUT2D eigenvalue weighted by Crippen LogP contribution is 2.39. The molecule has 0 bridgehead atoms. The zero-order valence-corrected chi connectivity index (χ0v) is 20.3. The van der Waals surface area contributed by atoms with Crippen molar-refractivity contribution in [1.29, 1.82) is 0 Å². The van der Waals surface area contributed by atoms with Gasteiger partial charge in [0.25, 0.3) is 5.89 Å². The molecule has 0 saturated heterocycles. The van der Waals surface area contributed by atoms with Gasteiger partial charge in [-0.25, -0.2) is 9.18 Å². The first-order chi connectivity index (χ1) is 16.9. The van der Waals surface area contributed by atoms with E-state index in [-0.39, 0.29) is 11.8 Å². The summed E-state index contributed by atoms with van der Waals surface area (Å²) in [5, 5.41) is 7.24. The summed E-state index contributed by atoms with van der Waals surface area (Å²) in [5.41, 5.74) is 4.64. The van der Waals surface area contributed by atoms with Crippen LogP contribution >= 0.6 is 11.8 Å². The Bertz CT molecular complexity index is 1410. The SMILES string of the molecule is CSc1ccc(N2C(=O)NC(c3ccc(F)cc3)C(c3nc(-c4cccc(C)c4)no3)=C2C)cc1. The first-order valence-electron chi connectivity index (χ1n) is 11.1. The average Bonchev–Trinajstić information content (AvgIpc) is 3.34. The highest BCUT2D eigenvalue weighted by atomic mass is 32.2. The van der Waals surface area contributed by atoms with Crippen molar-refractivity contribution < 1.29 is 13.7 Å². The zero-order valence-electron chi connectivity index (χ0n) is 19.4. The van der Waals surface area contributed by atoms with Crippen LogP contribution < -0.4 is 10.2 Å². The lowest BCUT2D eigenvalue weighted by Crippen LogP contribution is -2.46. The van der Waals surface area contributed by atoms with E-state index >= 15 is 0 Å². The van der Waals surface area contributed by atoms with Gasteiger partial charge in [-0.15, -0.1) is 11.8 Å². The number of hydrogen-bond acceptors (Lipinski definition) is 5. The van der Waals surface area contributed by atoms with Crippen LogP contribution in [0.4, 0.5) is 14.9 Å². The summed E-state index contributed by atoms with van der Waals surface area (Å²) in [7, 11) is 0. The van der Waals surface area contributed by atoms with Crippen LogP contribution in [0, 0.1) is 12.7 Å². The number of carbonyl (C=O) groups excluding carboxylic acids is 1. The number of thioether (sulfide) groups is 1. The van der Waals surface area contributed by atoms with E-state index in [9.17, 15) is 9.18 Å². The van der Waals surface area contributed by atoms with Crippen LogP contribution in [0.3, 0.4) is 0 Å². The second-order valence-electron chi connectivity index (χ2n) is 8.26. The normalized spacial score (nSPS) is 15.9. The third kappa shape index (κ3) is 4.44. The zero-order chi connectivity index (χ0) is 24.5. The third-order valence-electron chi connectivity index (χ3n) is 5.95. The lowest BCUT2D eigenvalue weighted by molar-refractivity contribution is 0.244. The highest BCUT2D eigenvalue weighted by molar-refractivity contribution is 7.98. The maximum Gasteiger partial charge on any atom is 0.326 e. The molecule has 0 saturated carbocycles. The topological polar surface area (TPSA) is 71.3 Å². The summed E-state index contributed by atoms with van der Waals surface area (Å²) in [4.78, 5) is 20.7. The Hall–Kier alpha value is -3.91. The van der Waals surface area contributed by atoms with Gasteiger partial charge in [0.2, 0.25) is 5.82 Å². The van der Waals surface area contributed by atoms with E-state index in [1.54, 1.807) is 28.8 Å². The minimum Gasteiger partial charge on any atom is -0.334 e. The Labute approximate surface area is 206 Å². The summed E-state index contributed by atoms with van der Waals surface area (Å²) >= 11 is 1.63. The number of rotatable bonds is 5. The molecular weight excluding hydrogens is 463 g/mol. The van der Waals surface area contributed by atoms with Gasteiger partial charge >= 0.3 is 6.03 Å². The highest BCUT2D eigenvalue weighted by Gasteiger charge is 2.36. The number of allylic oxidation sites excluding steroid dienone is 1. The fraction of sp³-hybridized carbons (Fsp3) is 0.148. The lowest BCUT2D eigenvalue weighted by Gasteiger charge is -2.35. The summed E-state index contributed by atoms with van der Waals surface area (Å²) in [6.07, 6.45) is 2.00. The number of aryl methyl sites for hydroxylation is 1. The van der Waals surface area contributed by atoms with Crippen LogP contribution in [-0.2, 0) is 0 Å². The molecule has 0 spiro atoms. The molecule has 1 unspecified atom stereocenters. The second kappa shape index (κ2) is 9.38. The average molecular weight is 487 g/mol. The van der Waals surface area contributed by atoms with Gasteiger partial charge in [0.05, 0.1) is 17.3 Å². The van der Waals surface area contributed by atoms with Gasteiger partial charge < -0.3 is 9.84 Å². The Balaban J connectivity index is 1.64. The van der Waals surface area contributed by atoms with Gasteiger partial charge in [0.15, 0.2) is 0 Å². The molecule has 3 aromatic carbocycles. The second-order valence-corrected chi connectivity index (χ2v) is 9.14. The number of anilines is 1. The molecule has 5 rings (SSSR count). The van der Waals surface area contributed by atoms with E-state index in [1.807, 2.05) is 68.6 Å². The predicted molar refractivity (Wildman–Crippen MR) is 135 cm³/mol. The van der Waals surface area contributed by atoms with Crippen LogP contribution in [0.15, 0.2) is 87.9 Å². The predicted octanol–water partition coefficient (Wildman–Crippen LogP) is 6.61. The number of benzene rings is 3. The van der Waals surface area contributed by atoms with Gasteiger partial charge in [-0.05, 0) is 68.1 Å². The number of halogens is 1. The molecule has 1 N–H and O–H groups in total. The molecule has 1 atom stereocenters. The third-order valence-corrected chi connectivity index (χ3v) is 6.70. The number of carbonyl (C=O) groups is 1. The number of nitrogens with one attached hydrogen (secondary N) is 1. The number of hydrogen-bond donors (Lipinski definition) is 1. The molecule has 176 valence electrons. The first kappa shape index (κ1) is 22.9. The van der Waals surface area contributed by atoms with E-state index in [4.69, 9.17) is 4.52 Å². The molecule has 0 radical (unpaired) electrons. The summed E-state index contributed by atoms with van der Waals surface area (Å²) < 4.78 is 19.4. The minimum absolute atomic E-state index is 0.291. The largest absolute Gasteiger partial charge is 0.334 e. The summed E-state index contributed by atoms with van der Waals surface area (Å²) in [6, 6.07) is 20.7. The van der Waals surface area contributed by atoms with Gasteiger partial charge in [0, 0.05) is 16.2 Å². The standard InChI is InChI=1S/C27H23FN4O2S/c1-16-5-4-6-19(15-16)25-30-26(34-31-25)23-17(2)32(21-11-13-22(35-3)14-12-21)27(33)29-24(23)18-7-9-20(28)10-8-18/h4-15,24H,1-3H3,(H,29,33). The van der Waals surface area contributed by atoms with Crippen LogP contribution in [0.1, 0.15) is 30.0 Å². The number of urea groups is 1. The quantitative estimate of drug-likeness (QED) is 0.322. The maximum absolute atomic E-state index is 13.6. The molecule has 0 aliphatic carbocycles. The van der Waals surface area contributed by atoms with Crippen molar-refractivity contribution in [1.82, 2.24) is 15.5 Å². The molecule has 6 nitrogen and oxygen atoms in total. The van der Waals surface area contributed by atoms with E-state index in [2.05, 4.69) is 15.5 Å². The fourth-order valence-electron chi connectivity index (χ4n) is 4.20. The smallest absolute Gasteiger partial charge is 0.326 e. The fourth-order valence-corrected chi connectivity index (χ4v) is 4.61. The minimum atomic E-state index is -0.587. The van der Waals surface area contributed by atoms with Crippen molar-refractivity contribution in [2.24, 2.45) is 0 Å². The molecule has 2 amide bonds. The van der Waals surface area contributed by atoms with E-state index in [0.717, 1.165) is 16.0 Å². The van der Waals surface area contributed by atoms with Crippen LogP contribution in [-0.4, -0.2) is 22.4 Å². The van der Waals surface area contributed by atoms with E-state index in [1.165, 1.54) is 12.1 Å². The molecule has 0 fully saturated rings. The van der Waals surface area contributed by atoms with Crippen LogP contribution in [0.25, 0.3) is 17.0 Å².